The summed E-state index contributed by atoms with van der Waals surface area (Å²) >= 11 is 0. The maximum Gasteiger partial charge on any atom is 0.322 e. The summed E-state index contributed by atoms with van der Waals surface area (Å²) in [6.07, 6.45) is 0.666. The van der Waals surface area contributed by atoms with Crippen LogP contribution in [0.15, 0.2) is 36.4 Å². The van der Waals surface area contributed by atoms with E-state index in [9.17, 15) is 9.59 Å². The van der Waals surface area contributed by atoms with Crippen molar-refractivity contribution in [1.82, 2.24) is 4.90 Å². The molecule has 1 aliphatic heterocycles. The van der Waals surface area contributed by atoms with Crippen molar-refractivity contribution in [3.05, 3.63) is 47.5 Å². The Morgan fingerprint density at radius 1 is 1.06 bits per heavy atom. The minimum absolute atomic E-state index is 0.0363. The molecule has 3 rings (SSSR count). The fourth-order valence-corrected chi connectivity index (χ4v) is 3.85. The van der Waals surface area contributed by atoms with Crippen LogP contribution in [0.5, 0.6) is 17.2 Å². The molecule has 0 aromatic heterocycles. The highest BCUT2D eigenvalue weighted by atomic mass is 16.5. The predicted octanol–water partition coefficient (Wildman–Crippen LogP) is 4.19. The van der Waals surface area contributed by atoms with Gasteiger partial charge in [0.1, 0.15) is 5.75 Å². The standard InChI is InChI=1S/C24H30N2O6/c1-5-31-21-12-16-10-11-26(24(28)25-17-8-7-9-18(13-17)29-3)20(15-23(27)30-4)19(16)14-22(21)32-6-2/h7-9,12-14,20H,5-6,10-11,15H2,1-4H3,(H,25,28)/t20-/m1/s1. The molecule has 2 aromatic carbocycles. The average molecular weight is 443 g/mol. The quantitative estimate of drug-likeness (QED) is 0.617. The third-order valence-corrected chi connectivity index (χ3v) is 5.33. The second-order valence-electron chi connectivity index (χ2n) is 7.27. The van der Waals surface area contributed by atoms with Gasteiger partial charge in [-0.15, -0.1) is 0 Å². The molecule has 2 aromatic rings. The van der Waals surface area contributed by atoms with Crippen LogP contribution in [0.1, 0.15) is 37.4 Å². The highest BCUT2D eigenvalue weighted by Crippen LogP contribution is 2.40. The number of nitrogens with zero attached hydrogens (tertiary/aromatic N) is 1. The summed E-state index contributed by atoms with van der Waals surface area (Å²) in [5.74, 6) is 1.51. The number of hydrogen-bond acceptors (Lipinski definition) is 6. The van der Waals surface area contributed by atoms with Crippen molar-refractivity contribution in [3.8, 4) is 17.2 Å². The van der Waals surface area contributed by atoms with E-state index in [1.54, 1.807) is 36.3 Å². The van der Waals surface area contributed by atoms with Gasteiger partial charge in [0.25, 0.3) is 0 Å². The van der Waals surface area contributed by atoms with E-state index in [1.165, 1.54) is 7.11 Å². The molecule has 0 bridgehead atoms. The molecule has 0 aliphatic carbocycles. The lowest BCUT2D eigenvalue weighted by Gasteiger charge is -2.37. The van der Waals surface area contributed by atoms with E-state index in [-0.39, 0.29) is 12.5 Å². The molecule has 1 atom stereocenters. The molecule has 0 saturated carbocycles. The average Bonchev–Trinajstić information content (AvgIpc) is 2.80. The Hall–Kier alpha value is -3.42. The fraction of sp³-hybridized carbons (Fsp3) is 0.417. The van der Waals surface area contributed by atoms with Gasteiger partial charge >= 0.3 is 12.0 Å². The highest BCUT2D eigenvalue weighted by molar-refractivity contribution is 5.90. The molecule has 32 heavy (non-hydrogen) atoms. The third-order valence-electron chi connectivity index (χ3n) is 5.33. The molecule has 0 radical (unpaired) electrons. The van der Waals surface area contributed by atoms with Gasteiger partial charge in [0.2, 0.25) is 0 Å². The zero-order valence-corrected chi connectivity index (χ0v) is 19.0. The molecular formula is C24H30N2O6. The first-order valence-electron chi connectivity index (χ1n) is 10.7. The van der Waals surface area contributed by atoms with Crippen LogP contribution in [0, 0.1) is 0 Å². The van der Waals surface area contributed by atoms with Gasteiger partial charge in [0, 0.05) is 18.3 Å². The summed E-state index contributed by atoms with van der Waals surface area (Å²) < 4.78 is 21.7. The number of anilines is 1. The topological polar surface area (TPSA) is 86.3 Å². The van der Waals surface area contributed by atoms with E-state index in [0.29, 0.717) is 49.1 Å². The molecular weight excluding hydrogens is 412 g/mol. The predicted molar refractivity (Wildman–Crippen MR) is 121 cm³/mol. The van der Waals surface area contributed by atoms with Crippen LogP contribution in [0.2, 0.25) is 0 Å². The van der Waals surface area contributed by atoms with Crippen LogP contribution >= 0.6 is 0 Å². The number of carbonyl (C=O) groups excluding carboxylic acids is 2. The Bertz CT molecular complexity index is 962. The summed E-state index contributed by atoms with van der Waals surface area (Å²) in [5, 5.41) is 2.91. The number of rotatable bonds is 8. The number of urea groups is 1. The number of esters is 1. The fourth-order valence-electron chi connectivity index (χ4n) is 3.85. The Labute approximate surface area is 188 Å². The van der Waals surface area contributed by atoms with Crippen LogP contribution in [0.25, 0.3) is 0 Å². The first-order chi connectivity index (χ1) is 15.5. The van der Waals surface area contributed by atoms with Crippen molar-refractivity contribution in [1.29, 1.82) is 0 Å². The number of hydrogen-bond donors (Lipinski definition) is 1. The SMILES string of the molecule is CCOc1cc2c(cc1OCC)[C@@H](CC(=O)OC)N(C(=O)Nc1cccc(OC)c1)CC2. The van der Waals surface area contributed by atoms with Crippen LogP contribution in [0.4, 0.5) is 10.5 Å². The third kappa shape index (κ3) is 5.25. The molecule has 0 spiro atoms. The van der Waals surface area contributed by atoms with Crippen molar-refractivity contribution in [2.45, 2.75) is 32.7 Å². The number of fused-ring (bicyclic) bond motifs is 1. The van der Waals surface area contributed by atoms with Gasteiger partial charge < -0.3 is 29.2 Å². The largest absolute Gasteiger partial charge is 0.497 e. The van der Waals surface area contributed by atoms with Crippen molar-refractivity contribution < 1.29 is 28.5 Å². The molecule has 0 saturated heterocycles. The van der Waals surface area contributed by atoms with Gasteiger partial charge in [-0.1, -0.05) is 6.07 Å². The van der Waals surface area contributed by atoms with Gasteiger partial charge in [0.05, 0.1) is 39.9 Å². The molecule has 0 fully saturated rings. The Morgan fingerprint density at radius 2 is 1.78 bits per heavy atom. The smallest absolute Gasteiger partial charge is 0.322 e. The minimum Gasteiger partial charge on any atom is -0.497 e. The zero-order chi connectivity index (χ0) is 23.1. The van der Waals surface area contributed by atoms with E-state index < -0.39 is 12.0 Å². The minimum atomic E-state index is -0.494. The molecule has 8 nitrogen and oxygen atoms in total. The van der Waals surface area contributed by atoms with Gasteiger partial charge in [-0.05, 0) is 55.7 Å². The number of benzene rings is 2. The summed E-state index contributed by atoms with van der Waals surface area (Å²) in [5.41, 5.74) is 2.49. The molecule has 172 valence electrons. The van der Waals surface area contributed by atoms with Crippen LogP contribution < -0.4 is 19.5 Å². The number of methoxy groups -OCH3 is 2. The van der Waals surface area contributed by atoms with Crippen LogP contribution in [-0.2, 0) is 16.0 Å². The zero-order valence-electron chi connectivity index (χ0n) is 19.0. The lowest BCUT2D eigenvalue weighted by molar-refractivity contribution is -0.141. The first-order valence-corrected chi connectivity index (χ1v) is 10.7. The number of carbonyl (C=O) groups is 2. The van der Waals surface area contributed by atoms with E-state index in [2.05, 4.69) is 5.32 Å². The maximum atomic E-state index is 13.2. The second-order valence-corrected chi connectivity index (χ2v) is 7.27. The molecule has 0 unspecified atom stereocenters. The number of nitrogens with one attached hydrogen (secondary N) is 1. The van der Waals surface area contributed by atoms with Gasteiger partial charge in [-0.2, -0.15) is 0 Å². The summed E-state index contributed by atoms with van der Waals surface area (Å²) in [6.45, 7) is 5.25. The normalized spacial score (nSPS) is 14.9. The van der Waals surface area contributed by atoms with Crippen LogP contribution in [-0.4, -0.2) is 50.9 Å². The Balaban J connectivity index is 1.94. The van der Waals surface area contributed by atoms with Crippen molar-refractivity contribution in [2.24, 2.45) is 0 Å². The molecule has 1 heterocycles. The molecule has 1 aliphatic rings. The van der Waals surface area contributed by atoms with E-state index in [1.807, 2.05) is 26.0 Å². The van der Waals surface area contributed by atoms with E-state index in [0.717, 1.165) is 11.1 Å². The van der Waals surface area contributed by atoms with Gasteiger partial charge in [-0.3, -0.25) is 4.79 Å². The van der Waals surface area contributed by atoms with E-state index >= 15 is 0 Å². The lowest BCUT2D eigenvalue weighted by atomic mass is 9.90. The summed E-state index contributed by atoms with van der Waals surface area (Å²) in [4.78, 5) is 27.1. The first kappa shape index (κ1) is 23.2. The number of ether oxygens (including phenoxy) is 4. The van der Waals surface area contributed by atoms with Crippen molar-refractivity contribution >= 4 is 17.7 Å². The monoisotopic (exact) mass is 442 g/mol. The maximum absolute atomic E-state index is 13.2. The molecule has 8 heteroatoms. The molecule has 1 N–H and O–H groups in total. The molecule has 2 amide bonds. The summed E-state index contributed by atoms with van der Waals surface area (Å²) in [7, 11) is 2.91. The van der Waals surface area contributed by atoms with Gasteiger partial charge in [0.15, 0.2) is 11.5 Å². The lowest BCUT2D eigenvalue weighted by Crippen LogP contribution is -2.43. The van der Waals surface area contributed by atoms with Crippen LogP contribution in [0.3, 0.4) is 0 Å². The van der Waals surface area contributed by atoms with Crippen molar-refractivity contribution in [2.75, 3.05) is 39.3 Å². The Kier molecular flexibility index (Phi) is 7.81. The van der Waals surface area contributed by atoms with E-state index in [4.69, 9.17) is 18.9 Å². The highest BCUT2D eigenvalue weighted by Gasteiger charge is 2.34. The second kappa shape index (κ2) is 10.7. The van der Waals surface area contributed by atoms with Crippen molar-refractivity contribution in [3.63, 3.8) is 0 Å². The summed E-state index contributed by atoms with van der Waals surface area (Å²) in [6, 6.07) is 10.2. The Morgan fingerprint density at radius 3 is 2.44 bits per heavy atom. The number of amides is 2. The van der Waals surface area contributed by atoms with Gasteiger partial charge in [-0.25, -0.2) is 4.79 Å².